The fourth-order valence-corrected chi connectivity index (χ4v) is 1.45. The van der Waals surface area contributed by atoms with E-state index in [-0.39, 0.29) is 12.6 Å². The predicted molar refractivity (Wildman–Crippen MR) is 66.3 cm³/mol. The second kappa shape index (κ2) is 6.19. The molecule has 1 aromatic carbocycles. The van der Waals surface area contributed by atoms with Crippen molar-refractivity contribution in [2.45, 2.75) is 12.5 Å². The van der Waals surface area contributed by atoms with Gasteiger partial charge >= 0.3 is 0 Å². The smallest absolute Gasteiger partial charge is 0.0664 e. The topological polar surface area (TPSA) is 93.5 Å². The number of hydrogen-bond acceptors (Lipinski definition) is 5. The molecule has 0 aliphatic carbocycles. The highest BCUT2D eigenvalue weighted by Crippen LogP contribution is 2.20. The summed E-state index contributed by atoms with van der Waals surface area (Å²) in [6.45, 7) is 0.649. The molecule has 0 saturated heterocycles. The van der Waals surface area contributed by atoms with Crippen LogP contribution in [0.2, 0.25) is 0 Å². The molecule has 1 atom stereocenters. The van der Waals surface area contributed by atoms with Crippen molar-refractivity contribution in [2.24, 2.45) is 0 Å². The number of rotatable bonds is 6. The molecule has 6 N–H and O–H groups in total. The highest BCUT2D eigenvalue weighted by Gasteiger charge is 2.08. The summed E-state index contributed by atoms with van der Waals surface area (Å²) in [5, 5.41) is 12.1. The van der Waals surface area contributed by atoms with Gasteiger partial charge in [-0.25, -0.2) is 0 Å². The Morgan fingerprint density at radius 2 is 2.12 bits per heavy atom. The Kier molecular flexibility index (Phi) is 4.88. The number of nitrogens with one attached hydrogen (secondary N) is 1. The van der Waals surface area contributed by atoms with E-state index in [1.807, 2.05) is 6.07 Å². The maximum atomic E-state index is 8.90. The molecule has 0 aromatic heterocycles. The van der Waals surface area contributed by atoms with Gasteiger partial charge in [0, 0.05) is 19.4 Å². The molecule has 1 rings (SSSR count). The van der Waals surface area contributed by atoms with Gasteiger partial charge in [0.05, 0.1) is 24.0 Å². The standard InChI is InChI=1S/C11H19N3O2/c1-16-7-9(4-5-15)14-8-2-3-10(12)11(13)6-8/h2-3,6,9,14-15H,4-5,7,12-13H2,1H3. The fraction of sp³-hybridized carbons (Fsp3) is 0.455. The Balaban J connectivity index is 2.65. The molecule has 0 spiro atoms. The monoisotopic (exact) mass is 225 g/mol. The number of benzene rings is 1. The van der Waals surface area contributed by atoms with E-state index in [2.05, 4.69) is 5.32 Å². The SMILES string of the molecule is COCC(CCO)Nc1ccc(N)c(N)c1. The lowest BCUT2D eigenvalue weighted by Gasteiger charge is -2.18. The molecule has 0 heterocycles. The van der Waals surface area contributed by atoms with Crippen molar-refractivity contribution in [1.82, 2.24) is 0 Å². The Labute approximate surface area is 95.4 Å². The van der Waals surface area contributed by atoms with Crippen LogP contribution in [0.1, 0.15) is 6.42 Å². The number of nitrogen functional groups attached to an aromatic ring is 2. The van der Waals surface area contributed by atoms with Crippen LogP contribution in [0.15, 0.2) is 18.2 Å². The van der Waals surface area contributed by atoms with E-state index in [1.54, 1.807) is 19.2 Å². The summed E-state index contributed by atoms with van der Waals surface area (Å²) >= 11 is 0. The Bertz CT molecular complexity index is 325. The zero-order chi connectivity index (χ0) is 12.0. The number of ether oxygens (including phenoxy) is 1. The Morgan fingerprint density at radius 1 is 1.38 bits per heavy atom. The molecule has 0 saturated carbocycles. The molecule has 0 radical (unpaired) electrons. The van der Waals surface area contributed by atoms with Gasteiger partial charge in [-0.1, -0.05) is 0 Å². The number of anilines is 3. The number of nitrogens with two attached hydrogens (primary N) is 2. The van der Waals surface area contributed by atoms with Gasteiger partial charge in [-0.05, 0) is 24.6 Å². The van der Waals surface area contributed by atoms with Gasteiger partial charge in [-0.2, -0.15) is 0 Å². The first-order chi connectivity index (χ1) is 7.67. The molecule has 0 fully saturated rings. The van der Waals surface area contributed by atoms with Gasteiger partial charge < -0.3 is 26.6 Å². The van der Waals surface area contributed by atoms with E-state index in [4.69, 9.17) is 21.3 Å². The lowest BCUT2D eigenvalue weighted by molar-refractivity contribution is 0.170. The van der Waals surface area contributed by atoms with E-state index in [0.29, 0.717) is 24.4 Å². The average Bonchev–Trinajstić information content (AvgIpc) is 2.24. The first-order valence-corrected chi connectivity index (χ1v) is 5.18. The van der Waals surface area contributed by atoms with Crippen molar-refractivity contribution in [1.29, 1.82) is 0 Å². The summed E-state index contributed by atoms with van der Waals surface area (Å²) in [6, 6.07) is 5.44. The molecule has 0 bridgehead atoms. The molecule has 90 valence electrons. The molecule has 0 amide bonds. The van der Waals surface area contributed by atoms with Gasteiger partial charge in [0.25, 0.3) is 0 Å². The molecule has 16 heavy (non-hydrogen) atoms. The lowest BCUT2D eigenvalue weighted by Crippen LogP contribution is -2.26. The molecular weight excluding hydrogens is 206 g/mol. The number of aliphatic hydroxyl groups is 1. The minimum absolute atomic E-state index is 0.0676. The fourth-order valence-electron chi connectivity index (χ4n) is 1.45. The number of hydrogen-bond donors (Lipinski definition) is 4. The van der Waals surface area contributed by atoms with Crippen molar-refractivity contribution in [3.05, 3.63) is 18.2 Å². The zero-order valence-electron chi connectivity index (χ0n) is 9.44. The van der Waals surface area contributed by atoms with Crippen molar-refractivity contribution >= 4 is 17.1 Å². The van der Waals surface area contributed by atoms with Crippen LogP contribution in [0, 0.1) is 0 Å². The third kappa shape index (κ3) is 3.60. The van der Waals surface area contributed by atoms with Crippen molar-refractivity contribution in [3.63, 3.8) is 0 Å². The third-order valence-electron chi connectivity index (χ3n) is 2.30. The summed E-state index contributed by atoms with van der Waals surface area (Å²) in [7, 11) is 1.63. The van der Waals surface area contributed by atoms with E-state index in [1.165, 1.54) is 0 Å². The maximum Gasteiger partial charge on any atom is 0.0664 e. The van der Waals surface area contributed by atoms with Crippen LogP contribution in [-0.2, 0) is 4.74 Å². The van der Waals surface area contributed by atoms with Crippen molar-refractivity contribution in [2.75, 3.05) is 37.1 Å². The summed E-state index contributed by atoms with van der Waals surface area (Å²) < 4.78 is 5.05. The van der Waals surface area contributed by atoms with E-state index in [9.17, 15) is 0 Å². The van der Waals surface area contributed by atoms with Crippen molar-refractivity contribution < 1.29 is 9.84 Å². The quantitative estimate of drug-likeness (QED) is 0.534. The molecule has 5 heteroatoms. The van der Waals surface area contributed by atoms with Crippen molar-refractivity contribution in [3.8, 4) is 0 Å². The Morgan fingerprint density at radius 3 is 2.69 bits per heavy atom. The zero-order valence-corrected chi connectivity index (χ0v) is 9.44. The summed E-state index contributed by atoms with van der Waals surface area (Å²) in [6.07, 6.45) is 0.623. The predicted octanol–water partition coefficient (Wildman–Crippen LogP) is 0.660. The summed E-state index contributed by atoms with van der Waals surface area (Å²) in [5.74, 6) is 0. The van der Waals surface area contributed by atoms with Gasteiger partial charge in [0.2, 0.25) is 0 Å². The van der Waals surface area contributed by atoms with Crippen LogP contribution in [-0.4, -0.2) is 31.5 Å². The van der Waals surface area contributed by atoms with E-state index < -0.39 is 0 Å². The highest BCUT2D eigenvalue weighted by molar-refractivity contribution is 5.69. The van der Waals surface area contributed by atoms with Crippen LogP contribution >= 0.6 is 0 Å². The molecule has 5 nitrogen and oxygen atoms in total. The normalized spacial score (nSPS) is 12.4. The van der Waals surface area contributed by atoms with Gasteiger partial charge in [0.1, 0.15) is 0 Å². The molecular formula is C11H19N3O2. The largest absolute Gasteiger partial charge is 0.397 e. The number of aliphatic hydroxyl groups excluding tert-OH is 1. The highest BCUT2D eigenvalue weighted by atomic mass is 16.5. The third-order valence-corrected chi connectivity index (χ3v) is 2.30. The summed E-state index contributed by atoms with van der Waals surface area (Å²) in [5.41, 5.74) is 13.3. The van der Waals surface area contributed by atoms with Gasteiger partial charge in [-0.15, -0.1) is 0 Å². The van der Waals surface area contributed by atoms with Crippen LogP contribution < -0.4 is 16.8 Å². The lowest BCUT2D eigenvalue weighted by atomic mass is 10.2. The minimum atomic E-state index is 0.0676. The van der Waals surface area contributed by atoms with E-state index >= 15 is 0 Å². The maximum absolute atomic E-state index is 8.90. The molecule has 1 unspecified atom stereocenters. The molecule has 0 aliphatic rings. The molecule has 0 aliphatic heterocycles. The molecule has 1 aromatic rings. The van der Waals surface area contributed by atoms with Gasteiger partial charge in [-0.3, -0.25) is 0 Å². The second-order valence-electron chi connectivity index (χ2n) is 3.65. The summed E-state index contributed by atoms with van der Waals surface area (Å²) in [4.78, 5) is 0. The second-order valence-corrected chi connectivity index (χ2v) is 3.65. The Hall–Kier alpha value is -1.46. The average molecular weight is 225 g/mol. The van der Waals surface area contributed by atoms with Crippen LogP contribution in [0.25, 0.3) is 0 Å². The van der Waals surface area contributed by atoms with E-state index in [0.717, 1.165) is 5.69 Å². The van der Waals surface area contributed by atoms with Gasteiger partial charge in [0.15, 0.2) is 0 Å². The van der Waals surface area contributed by atoms with Crippen LogP contribution in [0.3, 0.4) is 0 Å². The van der Waals surface area contributed by atoms with Crippen LogP contribution in [0.5, 0.6) is 0 Å². The first-order valence-electron chi connectivity index (χ1n) is 5.18. The first kappa shape index (κ1) is 12.6. The minimum Gasteiger partial charge on any atom is -0.397 e. The van der Waals surface area contributed by atoms with Crippen LogP contribution in [0.4, 0.5) is 17.1 Å². The number of methoxy groups -OCH3 is 1.